The number of benzene rings is 1. The van der Waals surface area contributed by atoms with Gasteiger partial charge in [-0.05, 0) is 56.6 Å². The number of piperidine rings is 1. The van der Waals surface area contributed by atoms with Crippen molar-refractivity contribution in [2.45, 2.75) is 62.4 Å². The van der Waals surface area contributed by atoms with Crippen molar-refractivity contribution in [2.75, 3.05) is 5.73 Å². The van der Waals surface area contributed by atoms with Gasteiger partial charge >= 0.3 is 0 Å². The second kappa shape index (κ2) is 8.48. The zero-order valence-electron chi connectivity index (χ0n) is 21.3. The number of aromatic nitrogens is 8. The highest BCUT2D eigenvalue weighted by atomic mass is 16.2. The summed E-state index contributed by atoms with van der Waals surface area (Å²) in [6.07, 6.45) is 13.1. The van der Waals surface area contributed by atoms with Gasteiger partial charge in [-0.1, -0.05) is 18.2 Å². The number of nitrogen functional groups attached to an aromatic ring is 1. The average molecular weight is 521 g/mol. The van der Waals surface area contributed by atoms with Gasteiger partial charge in [0.25, 0.3) is 5.91 Å². The molecule has 1 saturated carbocycles. The number of nitrogens with one attached hydrogen (secondary N) is 1. The van der Waals surface area contributed by atoms with Crippen molar-refractivity contribution < 1.29 is 4.79 Å². The fourth-order valence-electron chi connectivity index (χ4n) is 6.70. The second-order valence-electron chi connectivity index (χ2n) is 11.0. The van der Waals surface area contributed by atoms with Gasteiger partial charge in [-0.2, -0.15) is 19.8 Å². The minimum absolute atomic E-state index is 0.0581. The van der Waals surface area contributed by atoms with Crippen LogP contribution in [0, 0.1) is 0 Å². The van der Waals surface area contributed by atoms with Crippen LogP contribution in [-0.4, -0.2) is 62.5 Å². The van der Waals surface area contributed by atoms with Crippen LogP contribution in [0.4, 0.5) is 5.82 Å². The average Bonchev–Trinajstić information content (AvgIpc) is 3.35. The summed E-state index contributed by atoms with van der Waals surface area (Å²) in [5, 5.41) is 15.9. The number of rotatable bonds is 5. The monoisotopic (exact) mass is 520 g/mol. The van der Waals surface area contributed by atoms with E-state index >= 15 is 0 Å². The Hall–Kier alpha value is -4.54. The SMILES string of the molecule is Nc1c(C2CC2)c(C2C[C@H]3CC[C@@H](C2)N3C(=O)c2ncn[nH]2)nc2c(-c3cnn(-c4ccccc4)c3)cnn12. The maximum Gasteiger partial charge on any atom is 0.291 e. The van der Waals surface area contributed by atoms with Gasteiger partial charge in [0.2, 0.25) is 5.82 Å². The summed E-state index contributed by atoms with van der Waals surface area (Å²) < 4.78 is 3.66. The number of hydrogen-bond acceptors (Lipinski definition) is 7. The number of nitrogens with two attached hydrogens (primary N) is 1. The number of H-pyrrole nitrogens is 1. The van der Waals surface area contributed by atoms with Crippen LogP contribution in [0.25, 0.3) is 22.5 Å². The lowest BCUT2D eigenvalue weighted by atomic mass is 9.85. The molecule has 3 atom stereocenters. The molecule has 1 unspecified atom stereocenters. The summed E-state index contributed by atoms with van der Waals surface area (Å²) in [5.74, 6) is 1.60. The van der Waals surface area contributed by atoms with Crippen LogP contribution in [0.2, 0.25) is 0 Å². The molecule has 8 rings (SSSR count). The second-order valence-corrected chi connectivity index (χ2v) is 11.0. The summed E-state index contributed by atoms with van der Waals surface area (Å²) >= 11 is 0. The van der Waals surface area contributed by atoms with Crippen LogP contribution in [0.15, 0.2) is 55.2 Å². The van der Waals surface area contributed by atoms with Crippen molar-refractivity contribution in [2.24, 2.45) is 0 Å². The number of anilines is 1. The Kier molecular flexibility index (Phi) is 4.88. The van der Waals surface area contributed by atoms with Crippen molar-refractivity contribution in [3.63, 3.8) is 0 Å². The Balaban J connectivity index is 1.18. The molecule has 39 heavy (non-hydrogen) atoms. The van der Waals surface area contributed by atoms with Crippen LogP contribution >= 0.6 is 0 Å². The lowest BCUT2D eigenvalue weighted by Crippen LogP contribution is -2.46. The van der Waals surface area contributed by atoms with E-state index in [2.05, 4.69) is 25.4 Å². The fraction of sp³-hybridized carbons (Fsp3) is 0.357. The smallest absolute Gasteiger partial charge is 0.291 e. The summed E-state index contributed by atoms with van der Waals surface area (Å²) in [5.41, 5.74) is 12.7. The first-order valence-electron chi connectivity index (χ1n) is 13.6. The minimum atomic E-state index is -0.0581. The Bertz CT molecular complexity index is 1670. The maximum atomic E-state index is 13.2. The van der Waals surface area contributed by atoms with Crippen LogP contribution in [0.1, 0.15) is 72.2 Å². The van der Waals surface area contributed by atoms with Gasteiger partial charge in [0.1, 0.15) is 12.1 Å². The van der Waals surface area contributed by atoms with Crippen molar-refractivity contribution in [3.8, 4) is 16.8 Å². The molecule has 11 nitrogen and oxygen atoms in total. The molecule has 5 aromatic rings. The topological polar surface area (TPSA) is 136 Å². The summed E-state index contributed by atoms with van der Waals surface area (Å²) in [4.78, 5) is 24.6. The molecule has 3 fully saturated rings. The third-order valence-electron chi connectivity index (χ3n) is 8.62. The van der Waals surface area contributed by atoms with E-state index in [0.717, 1.165) is 72.2 Å². The Morgan fingerprint density at radius 2 is 1.77 bits per heavy atom. The van der Waals surface area contributed by atoms with Crippen molar-refractivity contribution in [1.29, 1.82) is 0 Å². The van der Waals surface area contributed by atoms with Crippen LogP contribution < -0.4 is 5.73 Å². The highest BCUT2D eigenvalue weighted by Gasteiger charge is 2.46. The molecule has 196 valence electrons. The van der Waals surface area contributed by atoms with Gasteiger partial charge in [-0.3, -0.25) is 9.89 Å². The molecule has 1 aromatic carbocycles. The molecular weight excluding hydrogens is 492 g/mol. The van der Waals surface area contributed by atoms with E-state index < -0.39 is 0 Å². The van der Waals surface area contributed by atoms with Gasteiger partial charge in [0, 0.05) is 40.9 Å². The lowest BCUT2D eigenvalue weighted by molar-refractivity contribution is 0.0557. The maximum absolute atomic E-state index is 13.2. The van der Waals surface area contributed by atoms with E-state index in [-0.39, 0.29) is 23.9 Å². The first-order valence-corrected chi connectivity index (χ1v) is 13.6. The largest absolute Gasteiger partial charge is 0.383 e. The third kappa shape index (κ3) is 3.56. The lowest BCUT2D eigenvalue weighted by Gasteiger charge is -2.39. The molecule has 1 amide bonds. The van der Waals surface area contributed by atoms with E-state index in [9.17, 15) is 4.79 Å². The van der Waals surface area contributed by atoms with E-state index in [1.165, 1.54) is 6.33 Å². The van der Waals surface area contributed by atoms with E-state index in [4.69, 9.17) is 10.7 Å². The molecule has 3 N–H and O–H groups in total. The Morgan fingerprint density at radius 1 is 0.974 bits per heavy atom. The summed E-state index contributed by atoms with van der Waals surface area (Å²) in [6, 6.07) is 10.4. The number of carbonyl (C=O) groups is 1. The number of carbonyl (C=O) groups excluding carboxylic acids is 1. The first kappa shape index (κ1) is 22.4. The predicted octanol–water partition coefficient (Wildman–Crippen LogP) is 3.71. The van der Waals surface area contributed by atoms with Crippen molar-refractivity contribution >= 4 is 17.4 Å². The van der Waals surface area contributed by atoms with Crippen molar-refractivity contribution in [3.05, 3.63) is 72.3 Å². The van der Waals surface area contributed by atoms with E-state index in [1.54, 1.807) is 4.52 Å². The molecule has 0 spiro atoms. The van der Waals surface area contributed by atoms with Crippen LogP contribution in [-0.2, 0) is 0 Å². The molecule has 4 aromatic heterocycles. The number of amides is 1. The molecule has 6 heterocycles. The van der Waals surface area contributed by atoms with Crippen LogP contribution in [0.3, 0.4) is 0 Å². The van der Waals surface area contributed by atoms with Gasteiger partial charge < -0.3 is 10.6 Å². The summed E-state index contributed by atoms with van der Waals surface area (Å²) in [6.45, 7) is 0. The molecule has 3 aliphatic rings. The van der Waals surface area contributed by atoms with Gasteiger partial charge in [0.05, 0.1) is 23.8 Å². The molecule has 2 saturated heterocycles. The molecule has 0 radical (unpaired) electrons. The van der Waals surface area contributed by atoms with E-state index in [1.807, 2.05) is 58.5 Å². The molecule has 2 bridgehead atoms. The van der Waals surface area contributed by atoms with E-state index in [0.29, 0.717) is 17.6 Å². The van der Waals surface area contributed by atoms with Gasteiger partial charge in [-0.15, -0.1) is 0 Å². The normalized spacial score (nSPS) is 22.6. The first-order chi connectivity index (χ1) is 19.2. The number of nitrogens with zero attached hydrogens (tertiary/aromatic N) is 8. The van der Waals surface area contributed by atoms with Crippen molar-refractivity contribution in [1.82, 2.24) is 44.5 Å². The number of hydrogen-bond donors (Lipinski definition) is 2. The van der Waals surface area contributed by atoms with Gasteiger partial charge in [-0.25, -0.2) is 14.6 Å². The summed E-state index contributed by atoms with van der Waals surface area (Å²) in [7, 11) is 0. The molecule has 2 aliphatic heterocycles. The predicted molar refractivity (Wildman–Crippen MR) is 143 cm³/mol. The highest BCUT2D eigenvalue weighted by Crippen LogP contribution is 2.50. The standard InChI is InChI=1S/C28H28N10O/c29-25-23(16-6-7-16)24(17-10-20-8-9-21(11-17)37(20)28(39)26-30-15-31-35-26)34-27-22(13-33-38(25)27)18-12-32-36(14-18)19-4-2-1-3-5-19/h1-5,12-17,20-21H,6-11,29H2,(H,30,31,35)/t17?,20-,21+. The highest BCUT2D eigenvalue weighted by molar-refractivity contribution is 5.91. The Morgan fingerprint density at radius 3 is 2.49 bits per heavy atom. The van der Waals surface area contributed by atoms with Gasteiger partial charge in [0.15, 0.2) is 5.65 Å². The fourth-order valence-corrected chi connectivity index (χ4v) is 6.70. The number of aromatic amines is 1. The number of fused-ring (bicyclic) bond motifs is 3. The molecule has 1 aliphatic carbocycles. The minimum Gasteiger partial charge on any atom is -0.383 e. The molecule has 11 heteroatoms. The zero-order chi connectivity index (χ0) is 26.1. The Labute approximate surface area is 224 Å². The zero-order valence-corrected chi connectivity index (χ0v) is 21.3. The quantitative estimate of drug-likeness (QED) is 0.360. The third-order valence-corrected chi connectivity index (χ3v) is 8.62. The van der Waals surface area contributed by atoms with Crippen LogP contribution in [0.5, 0.6) is 0 Å². The number of para-hydroxylation sites is 1. The molecular formula is C28H28N10O.